The van der Waals surface area contributed by atoms with Gasteiger partial charge < -0.3 is 5.32 Å². The van der Waals surface area contributed by atoms with Crippen LogP contribution in [-0.2, 0) is 11.3 Å². The smallest absolute Gasteiger partial charge is 0.240 e. The van der Waals surface area contributed by atoms with Gasteiger partial charge in [0.25, 0.3) is 0 Å². The second kappa shape index (κ2) is 5.73. The first kappa shape index (κ1) is 14.5. The quantitative estimate of drug-likeness (QED) is 0.874. The number of likely N-dealkylation sites (N-methyl/N-ethyl adjacent to an activating group) is 1. The Hall–Kier alpha value is -1.46. The molecule has 0 aliphatic carbocycles. The van der Waals surface area contributed by atoms with Crippen molar-refractivity contribution in [2.75, 3.05) is 33.2 Å². The number of rotatable bonds is 2. The van der Waals surface area contributed by atoms with Crippen molar-refractivity contribution in [3.8, 4) is 0 Å². The van der Waals surface area contributed by atoms with E-state index in [2.05, 4.69) is 39.3 Å². The monoisotopic (exact) mass is 288 g/mol. The number of piperazine rings is 1. The van der Waals surface area contributed by atoms with E-state index < -0.39 is 0 Å². The van der Waals surface area contributed by atoms with Gasteiger partial charge >= 0.3 is 0 Å². The molecule has 0 bridgehead atoms. The fourth-order valence-corrected chi connectivity index (χ4v) is 3.50. The number of hydrogen-bond acceptors (Lipinski definition) is 4. The van der Waals surface area contributed by atoms with Crippen molar-refractivity contribution in [2.45, 2.75) is 31.8 Å². The molecule has 0 radical (unpaired) electrons. The van der Waals surface area contributed by atoms with Crippen LogP contribution < -0.4 is 5.32 Å². The van der Waals surface area contributed by atoms with E-state index in [0.29, 0.717) is 0 Å². The van der Waals surface area contributed by atoms with E-state index in [9.17, 15) is 4.79 Å². The zero-order valence-corrected chi connectivity index (χ0v) is 12.9. The van der Waals surface area contributed by atoms with Gasteiger partial charge in [0.15, 0.2) is 0 Å². The standard InChI is InChI=1S/C16H24N4O/c1-13-4-3-5-14(18-13)12-20-9-6-16(7-10-20)15(21)17-8-11-19(16)2/h3-5H,6-12H2,1-2H3,(H,17,21). The van der Waals surface area contributed by atoms with Gasteiger partial charge in [0.2, 0.25) is 5.91 Å². The van der Waals surface area contributed by atoms with Crippen LogP contribution in [0.15, 0.2) is 18.2 Å². The molecule has 5 nitrogen and oxygen atoms in total. The van der Waals surface area contributed by atoms with Crippen LogP contribution in [0.2, 0.25) is 0 Å². The maximum absolute atomic E-state index is 12.3. The van der Waals surface area contributed by atoms with Crippen LogP contribution in [0, 0.1) is 6.92 Å². The highest BCUT2D eigenvalue weighted by Crippen LogP contribution is 2.30. The third-order valence-electron chi connectivity index (χ3n) is 4.90. The number of nitrogens with one attached hydrogen (secondary N) is 1. The van der Waals surface area contributed by atoms with Crippen molar-refractivity contribution in [3.05, 3.63) is 29.6 Å². The van der Waals surface area contributed by atoms with Crippen LogP contribution in [0.1, 0.15) is 24.2 Å². The van der Waals surface area contributed by atoms with E-state index in [-0.39, 0.29) is 11.4 Å². The second-order valence-electron chi connectivity index (χ2n) is 6.26. The van der Waals surface area contributed by atoms with E-state index in [4.69, 9.17) is 0 Å². The summed E-state index contributed by atoms with van der Waals surface area (Å²) in [4.78, 5) is 21.5. The molecule has 2 fully saturated rings. The normalized spacial score (nSPS) is 23.2. The van der Waals surface area contributed by atoms with Crippen molar-refractivity contribution in [1.82, 2.24) is 20.1 Å². The van der Waals surface area contributed by atoms with Crippen molar-refractivity contribution in [1.29, 1.82) is 0 Å². The summed E-state index contributed by atoms with van der Waals surface area (Å²) in [5.41, 5.74) is 1.90. The average Bonchev–Trinajstić information content (AvgIpc) is 2.47. The highest BCUT2D eigenvalue weighted by atomic mass is 16.2. The molecule has 2 aliphatic rings. The number of likely N-dealkylation sites (tertiary alicyclic amines) is 1. The molecule has 1 spiro atoms. The molecule has 0 unspecified atom stereocenters. The summed E-state index contributed by atoms with van der Waals surface area (Å²) in [7, 11) is 2.08. The lowest BCUT2D eigenvalue weighted by Gasteiger charge is -2.48. The molecule has 21 heavy (non-hydrogen) atoms. The molecule has 0 saturated carbocycles. The van der Waals surface area contributed by atoms with Gasteiger partial charge in [-0.05, 0) is 38.9 Å². The van der Waals surface area contributed by atoms with Crippen LogP contribution in [-0.4, -0.2) is 59.5 Å². The van der Waals surface area contributed by atoms with Gasteiger partial charge in [-0.1, -0.05) is 6.07 Å². The molecular weight excluding hydrogens is 264 g/mol. The fourth-order valence-electron chi connectivity index (χ4n) is 3.50. The number of piperidine rings is 1. The Kier molecular flexibility index (Phi) is 3.95. The molecule has 1 N–H and O–H groups in total. The minimum absolute atomic E-state index is 0.213. The van der Waals surface area contributed by atoms with Gasteiger partial charge in [-0.25, -0.2) is 0 Å². The van der Waals surface area contributed by atoms with Crippen LogP contribution in [0.5, 0.6) is 0 Å². The summed E-state index contributed by atoms with van der Waals surface area (Å²) in [6.07, 6.45) is 1.81. The number of pyridine rings is 1. The lowest BCUT2D eigenvalue weighted by molar-refractivity contribution is -0.140. The summed E-state index contributed by atoms with van der Waals surface area (Å²) in [6.45, 7) is 6.53. The molecule has 3 rings (SSSR count). The summed E-state index contributed by atoms with van der Waals surface area (Å²) in [5.74, 6) is 0.213. The zero-order chi connectivity index (χ0) is 14.9. The summed E-state index contributed by atoms with van der Waals surface area (Å²) in [6, 6.07) is 6.16. The Morgan fingerprint density at radius 1 is 1.29 bits per heavy atom. The minimum atomic E-state index is -0.283. The zero-order valence-electron chi connectivity index (χ0n) is 12.9. The Labute approximate surface area is 126 Å². The van der Waals surface area contributed by atoms with E-state index in [1.165, 1.54) is 0 Å². The Morgan fingerprint density at radius 3 is 2.71 bits per heavy atom. The van der Waals surface area contributed by atoms with E-state index in [1.807, 2.05) is 13.0 Å². The van der Waals surface area contributed by atoms with Gasteiger partial charge in [0.05, 0.1) is 5.69 Å². The largest absolute Gasteiger partial charge is 0.353 e. The number of aromatic nitrogens is 1. The topological polar surface area (TPSA) is 48.5 Å². The van der Waals surface area contributed by atoms with Crippen LogP contribution >= 0.6 is 0 Å². The molecule has 0 atom stereocenters. The van der Waals surface area contributed by atoms with Crippen molar-refractivity contribution < 1.29 is 4.79 Å². The molecular formula is C16H24N4O. The number of carbonyl (C=O) groups excluding carboxylic acids is 1. The number of nitrogens with zero attached hydrogens (tertiary/aromatic N) is 3. The highest BCUT2D eigenvalue weighted by Gasteiger charge is 2.46. The van der Waals surface area contributed by atoms with Crippen molar-refractivity contribution in [2.24, 2.45) is 0 Å². The molecule has 2 saturated heterocycles. The molecule has 114 valence electrons. The number of amides is 1. The summed E-state index contributed by atoms with van der Waals surface area (Å²) in [5, 5.41) is 3.03. The Bertz CT molecular complexity index is 523. The summed E-state index contributed by atoms with van der Waals surface area (Å²) < 4.78 is 0. The average molecular weight is 288 g/mol. The predicted octanol–water partition coefficient (Wildman–Crippen LogP) is 0.786. The van der Waals surface area contributed by atoms with Gasteiger partial charge in [0.1, 0.15) is 5.54 Å². The lowest BCUT2D eigenvalue weighted by Crippen LogP contribution is -2.66. The second-order valence-corrected chi connectivity index (χ2v) is 6.26. The van der Waals surface area contributed by atoms with Gasteiger partial charge in [-0.2, -0.15) is 0 Å². The third kappa shape index (κ3) is 2.80. The van der Waals surface area contributed by atoms with Crippen molar-refractivity contribution >= 4 is 5.91 Å². The van der Waals surface area contributed by atoms with Gasteiger partial charge in [-0.15, -0.1) is 0 Å². The van der Waals surface area contributed by atoms with Gasteiger partial charge in [-0.3, -0.25) is 19.6 Å². The van der Waals surface area contributed by atoms with E-state index in [0.717, 1.165) is 57.0 Å². The molecule has 1 amide bonds. The first-order valence-corrected chi connectivity index (χ1v) is 7.75. The molecule has 0 aromatic carbocycles. The van der Waals surface area contributed by atoms with E-state index >= 15 is 0 Å². The maximum Gasteiger partial charge on any atom is 0.240 e. The minimum Gasteiger partial charge on any atom is -0.353 e. The first-order chi connectivity index (χ1) is 10.1. The van der Waals surface area contributed by atoms with E-state index in [1.54, 1.807) is 0 Å². The molecule has 3 heterocycles. The molecule has 1 aromatic heterocycles. The predicted molar refractivity (Wildman–Crippen MR) is 81.9 cm³/mol. The first-order valence-electron chi connectivity index (χ1n) is 7.75. The SMILES string of the molecule is Cc1cccc(CN2CCC3(CC2)C(=O)NCCN3C)n1. The van der Waals surface area contributed by atoms with Crippen LogP contribution in [0.25, 0.3) is 0 Å². The third-order valence-corrected chi connectivity index (χ3v) is 4.90. The summed E-state index contributed by atoms with van der Waals surface area (Å²) >= 11 is 0. The van der Waals surface area contributed by atoms with Crippen LogP contribution in [0.3, 0.4) is 0 Å². The fraction of sp³-hybridized carbons (Fsp3) is 0.625. The van der Waals surface area contributed by atoms with Gasteiger partial charge in [0, 0.05) is 38.4 Å². The molecule has 5 heteroatoms. The van der Waals surface area contributed by atoms with Crippen LogP contribution in [0.4, 0.5) is 0 Å². The molecule has 2 aliphatic heterocycles. The highest BCUT2D eigenvalue weighted by molar-refractivity contribution is 5.87. The number of carbonyl (C=O) groups is 1. The number of aryl methyl sites for hydroxylation is 1. The number of hydrogen-bond donors (Lipinski definition) is 1. The maximum atomic E-state index is 12.3. The Morgan fingerprint density at radius 2 is 2.05 bits per heavy atom. The van der Waals surface area contributed by atoms with Crippen molar-refractivity contribution in [3.63, 3.8) is 0 Å². The molecule has 1 aromatic rings. The lowest BCUT2D eigenvalue weighted by atomic mass is 9.83. The Balaban J connectivity index is 1.63.